The number of hydrogen-bond acceptors (Lipinski definition) is 7. The van der Waals surface area contributed by atoms with Crippen LogP contribution in [-0.4, -0.2) is 57.8 Å². The number of carbonyl (C=O) groups excluding carboxylic acids is 1. The first kappa shape index (κ1) is 21.0. The van der Waals surface area contributed by atoms with E-state index in [0.29, 0.717) is 41.7 Å². The third-order valence-corrected chi connectivity index (χ3v) is 5.97. The highest BCUT2D eigenvalue weighted by molar-refractivity contribution is 5.81. The van der Waals surface area contributed by atoms with Crippen LogP contribution in [-0.2, 0) is 11.3 Å². The van der Waals surface area contributed by atoms with Crippen molar-refractivity contribution in [2.45, 2.75) is 25.8 Å². The highest BCUT2D eigenvalue weighted by Gasteiger charge is 2.19. The van der Waals surface area contributed by atoms with Gasteiger partial charge in [-0.25, -0.2) is 4.98 Å². The molecular weight excluding hydrogens is 422 g/mol. The molecule has 1 saturated heterocycles. The van der Waals surface area contributed by atoms with Crippen molar-refractivity contribution >= 4 is 16.9 Å². The van der Waals surface area contributed by atoms with Crippen molar-refractivity contribution in [2.24, 2.45) is 0 Å². The molecule has 9 heteroatoms. The van der Waals surface area contributed by atoms with Crippen LogP contribution in [0.15, 0.2) is 47.2 Å². The number of fused-ring (bicyclic) bond motifs is 1. The average Bonchev–Trinajstić information content (AvgIpc) is 3.62. The smallest absolute Gasteiger partial charge is 0.262 e. The molecular formula is C24H25N5O4. The second-order valence-electron chi connectivity index (χ2n) is 7.97. The molecule has 1 amide bonds. The maximum Gasteiger partial charge on any atom is 0.262 e. The summed E-state index contributed by atoms with van der Waals surface area (Å²) in [6.45, 7) is 2.36. The average molecular weight is 447 g/mol. The van der Waals surface area contributed by atoms with Gasteiger partial charge in [0.15, 0.2) is 0 Å². The van der Waals surface area contributed by atoms with Crippen molar-refractivity contribution in [1.29, 1.82) is 0 Å². The number of likely N-dealkylation sites (tertiary alicyclic amines) is 1. The lowest BCUT2D eigenvalue weighted by Gasteiger charge is -2.15. The molecule has 0 N–H and O–H groups in total. The summed E-state index contributed by atoms with van der Waals surface area (Å²) in [5, 5.41) is 4.14. The minimum absolute atomic E-state index is 0.208. The fourth-order valence-corrected chi connectivity index (χ4v) is 4.15. The van der Waals surface area contributed by atoms with Crippen LogP contribution >= 0.6 is 0 Å². The van der Waals surface area contributed by atoms with E-state index in [0.717, 1.165) is 42.5 Å². The molecule has 0 bridgehead atoms. The number of aromatic nitrogens is 4. The molecule has 1 aliphatic heterocycles. The molecule has 0 radical (unpaired) electrons. The summed E-state index contributed by atoms with van der Waals surface area (Å²) in [4.78, 5) is 23.4. The van der Waals surface area contributed by atoms with Gasteiger partial charge in [0.2, 0.25) is 11.7 Å². The number of benzene rings is 2. The van der Waals surface area contributed by atoms with Crippen molar-refractivity contribution < 1.29 is 18.8 Å². The molecule has 170 valence electrons. The van der Waals surface area contributed by atoms with Gasteiger partial charge in [-0.1, -0.05) is 5.16 Å². The summed E-state index contributed by atoms with van der Waals surface area (Å²) in [6, 6.07) is 11.2. The first-order valence-corrected chi connectivity index (χ1v) is 11.0. The van der Waals surface area contributed by atoms with Gasteiger partial charge in [0, 0.05) is 37.7 Å². The zero-order valence-corrected chi connectivity index (χ0v) is 18.7. The number of nitrogens with zero attached hydrogens (tertiary/aromatic N) is 5. The van der Waals surface area contributed by atoms with E-state index in [9.17, 15) is 4.79 Å². The highest BCUT2D eigenvalue weighted by atomic mass is 16.5. The Hall–Kier alpha value is -3.88. The molecule has 1 fully saturated rings. The summed E-state index contributed by atoms with van der Waals surface area (Å²) in [6.07, 6.45) is 4.46. The van der Waals surface area contributed by atoms with Crippen LogP contribution in [0.2, 0.25) is 0 Å². The molecule has 2 aromatic carbocycles. The van der Waals surface area contributed by atoms with E-state index in [1.165, 1.54) is 0 Å². The number of rotatable bonds is 7. The van der Waals surface area contributed by atoms with Crippen LogP contribution < -0.4 is 9.47 Å². The first-order valence-electron chi connectivity index (χ1n) is 11.0. The molecule has 4 aromatic rings. The summed E-state index contributed by atoms with van der Waals surface area (Å²) in [5.74, 6) is 2.29. The standard InChI is InChI=1S/C24H25N5O4/c1-31-17-6-7-18(21(14-17)32-2)24-26-23(27-33-24)16-5-8-20-19(13-16)25-15-29(20)12-9-22(30)28-10-3-4-11-28/h5-8,13-15H,3-4,9-12H2,1-2H3. The molecule has 2 aromatic heterocycles. The van der Waals surface area contributed by atoms with Crippen molar-refractivity contribution in [2.75, 3.05) is 27.3 Å². The Labute approximate surface area is 190 Å². The van der Waals surface area contributed by atoms with Crippen LogP contribution in [0, 0.1) is 0 Å². The lowest BCUT2D eigenvalue weighted by molar-refractivity contribution is -0.130. The van der Waals surface area contributed by atoms with Gasteiger partial charge in [-0.2, -0.15) is 4.98 Å². The van der Waals surface area contributed by atoms with E-state index in [1.54, 1.807) is 26.6 Å². The maximum absolute atomic E-state index is 12.4. The first-order chi connectivity index (χ1) is 16.2. The van der Waals surface area contributed by atoms with Crippen molar-refractivity contribution in [1.82, 2.24) is 24.6 Å². The number of carbonyl (C=O) groups is 1. The second kappa shape index (κ2) is 8.93. The van der Waals surface area contributed by atoms with E-state index in [2.05, 4.69) is 15.1 Å². The van der Waals surface area contributed by atoms with Crippen LogP contribution in [0.1, 0.15) is 19.3 Å². The van der Waals surface area contributed by atoms with Gasteiger partial charge < -0.3 is 23.5 Å². The molecule has 0 aliphatic carbocycles. The maximum atomic E-state index is 12.4. The van der Waals surface area contributed by atoms with Gasteiger partial charge in [-0.15, -0.1) is 0 Å². The summed E-state index contributed by atoms with van der Waals surface area (Å²) >= 11 is 0. The summed E-state index contributed by atoms with van der Waals surface area (Å²) in [5.41, 5.74) is 3.26. The molecule has 33 heavy (non-hydrogen) atoms. The topological polar surface area (TPSA) is 95.5 Å². The van der Waals surface area contributed by atoms with E-state index >= 15 is 0 Å². The SMILES string of the molecule is COc1ccc(-c2nc(-c3ccc4c(c3)ncn4CCC(=O)N3CCCC3)no2)c(OC)c1. The molecule has 0 unspecified atom stereocenters. The highest BCUT2D eigenvalue weighted by Crippen LogP contribution is 2.33. The number of imidazole rings is 1. The molecule has 1 aliphatic rings. The number of ether oxygens (including phenoxy) is 2. The Balaban J connectivity index is 1.35. The molecule has 0 atom stereocenters. The predicted molar refractivity (Wildman–Crippen MR) is 122 cm³/mol. The number of aryl methyl sites for hydroxylation is 1. The molecule has 5 rings (SSSR count). The van der Waals surface area contributed by atoms with Crippen LogP contribution in [0.4, 0.5) is 0 Å². The molecule has 0 spiro atoms. The monoisotopic (exact) mass is 447 g/mol. The zero-order valence-electron chi connectivity index (χ0n) is 18.7. The largest absolute Gasteiger partial charge is 0.497 e. The van der Waals surface area contributed by atoms with Crippen molar-refractivity contribution in [3.63, 3.8) is 0 Å². The fourth-order valence-electron chi connectivity index (χ4n) is 4.15. The van der Waals surface area contributed by atoms with Gasteiger partial charge >= 0.3 is 0 Å². The lowest BCUT2D eigenvalue weighted by atomic mass is 10.1. The minimum Gasteiger partial charge on any atom is -0.497 e. The number of methoxy groups -OCH3 is 2. The third kappa shape index (κ3) is 4.13. The zero-order chi connectivity index (χ0) is 22.8. The second-order valence-corrected chi connectivity index (χ2v) is 7.97. The van der Waals surface area contributed by atoms with Crippen LogP contribution in [0.25, 0.3) is 33.9 Å². The van der Waals surface area contributed by atoms with E-state index < -0.39 is 0 Å². The summed E-state index contributed by atoms with van der Waals surface area (Å²) < 4.78 is 18.2. The van der Waals surface area contributed by atoms with Gasteiger partial charge in [0.1, 0.15) is 11.5 Å². The quantitative estimate of drug-likeness (QED) is 0.425. The van der Waals surface area contributed by atoms with Gasteiger partial charge in [-0.3, -0.25) is 4.79 Å². The molecule has 9 nitrogen and oxygen atoms in total. The van der Waals surface area contributed by atoms with E-state index in [4.69, 9.17) is 14.0 Å². The predicted octanol–water partition coefficient (Wildman–Crippen LogP) is 3.78. The number of amides is 1. The van der Waals surface area contributed by atoms with Crippen molar-refractivity contribution in [3.8, 4) is 34.3 Å². The molecule has 0 saturated carbocycles. The van der Waals surface area contributed by atoms with Gasteiger partial charge in [0.05, 0.1) is 37.1 Å². The minimum atomic E-state index is 0.208. The normalized spacial score (nSPS) is 13.6. The Morgan fingerprint density at radius 2 is 1.94 bits per heavy atom. The Morgan fingerprint density at radius 3 is 2.73 bits per heavy atom. The Bertz CT molecular complexity index is 1290. The fraction of sp³-hybridized carbons (Fsp3) is 0.333. The van der Waals surface area contributed by atoms with Crippen LogP contribution in [0.5, 0.6) is 11.5 Å². The Morgan fingerprint density at radius 1 is 1.09 bits per heavy atom. The van der Waals surface area contributed by atoms with Gasteiger partial charge in [-0.05, 0) is 43.2 Å². The van der Waals surface area contributed by atoms with E-state index in [-0.39, 0.29) is 5.91 Å². The van der Waals surface area contributed by atoms with E-state index in [1.807, 2.05) is 39.8 Å². The summed E-state index contributed by atoms with van der Waals surface area (Å²) in [7, 11) is 3.18. The molecule has 3 heterocycles. The lowest BCUT2D eigenvalue weighted by Crippen LogP contribution is -2.28. The third-order valence-electron chi connectivity index (χ3n) is 5.97. The van der Waals surface area contributed by atoms with Gasteiger partial charge in [0.25, 0.3) is 5.89 Å². The van der Waals surface area contributed by atoms with Crippen LogP contribution in [0.3, 0.4) is 0 Å². The van der Waals surface area contributed by atoms with Crippen molar-refractivity contribution in [3.05, 3.63) is 42.7 Å². The number of hydrogen-bond donors (Lipinski definition) is 0. The Kier molecular flexibility index (Phi) is 5.68.